The van der Waals surface area contributed by atoms with Gasteiger partial charge in [-0.1, -0.05) is 27.0 Å². The Bertz CT molecular complexity index is 231. The van der Waals surface area contributed by atoms with Gasteiger partial charge in [-0.3, -0.25) is 0 Å². The largest absolute Gasteiger partial charge is 0.205 e. The van der Waals surface area contributed by atoms with Crippen LogP contribution in [0, 0.1) is 11.3 Å². The Morgan fingerprint density at radius 1 is 1.50 bits per heavy atom. The molecule has 0 fully saturated rings. The van der Waals surface area contributed by atoms with E-state index in [9.17, 15) is 4.39 Å². The quantitative estimate of drug-likeness (QED) is 0.456. The number of rotatable bonds is 2. The second kappa shape index (κ2) is 7.74. The first kappa shape index (κ1) is 13.2. The van der Waals surface area contributed by atoms with Crippen molar-refractivity contribution in [3.8, 4) is 6.07 Å². The minimum atomic E-state index is -0.586. The Balaban J connectivity index is 0. The van der Waals surface area contributed by atoms with Gasteiger partial charge in [-0.2, -0.15) is 5.26 Å². The van der Waals surface area contributed by atoms with Crippen LogP contribution in [0.2, 0.25) is 0 Å². The summed E-state index contributed by atoms with van der Waals surface area (Å²) >= 11 is 0. The fraction of sp³-hybridized carbons (Fsp3) is 0.300. The summed E-state index contributed by atoms with van der Waals surface area (Å²) in [5, 5.41) is 8.29. The molecule has 0 aromatic carbocycles. The smallest absolute Gasteiger partial charge is 0.143 e. The van der Waals surface area contributed by atoms with Crippen LogP contribution in [0.25, 0.3) is 0 Å². The van der Waals surface area contributed by atoms with Crippen molar-refractivity contribution in [2.24, 2.45) is 0 Å². The summed E-state index contributed by atoms with van der Waals surface area (Å²) in [5.41, 5.74) is 0.184. The summed E-state index contributed by atoms with van der Waals surface area (Å²) in [4.78, 5) is 0. The molecule has 66 valence electrons. The number of hydrogen-bond donors (Lipinski definition) is 0. The van der Waals surface area contributed by atoms with Gasteiger partial charge in [0.2, 0.25) is 0 Å². The average Bonchev–Trinajstić information content (AvgIpc) is 2.10. The molecular formula is C10H14FN. The van der Waals surface area contributed by atoms with E-state index in [1.807, 2.05) is 13.8 Å². The highest BCUT2D eigenvalue weighted by Gasteiger charge is 2.01. The van der Waals surface area contributed by atoms with Crippen molar-refractivity contribution >= 4 is 0 Å². The Kier molecular flexibility index (Phi) is 8.55. The fourth-order valence-corrected chi connectivity index (χ4v) is 0.414. The first-order valence-corrected chi connectivity index (χ1v) is 3.71. The minimum Gasteiger partial charge on any atom is -0.205 e. The van der Waals surface area contributed by atoms with E-state index in [-0.39, 0.29) is 11.1 Å². The lowest BCUT2D eigenvalue weighted by Crippen LogP contribution is -1.80. The van der Waals surface area contributed by atoms with E-state index in [1.54, 1.807) is 6.07 Å². The lowest BCUT2D eigenvalue weighted by atomic mass is 10.2. The molecule has 0 amide bonds. The normalized spacial score (nSPS) is 9.92. The van der Waals surface area contributed by atoms with Gasteiger partial charge in [-0.15, -0.1) is 0 Å². The number of nitriles is 1. The SMILES string of the molecule is C=C/C(C#N)=C(/F)C(=C)C.CC. The van der Waals surface area contributed by atoms with Crippen LogP contribution in [-0.4, -0.2) is 0 Å². The molecule has 0 rings (SSSR count). The molecule has 0 spiro atoms. The van der Waals surface area contributed by atoms with Gasteiger partial charge in [0.15, 0.2) is 0 Å². The van der Waals surface area contributed by atoms with Crippen LogP contribution < -0.4 is 0 Å². The molecule has 0 saturated heterocycles. The molecule has 0 aliphatic rings. The Morgan fingerprint density at radius 2 is 1.92 bits per heavy atom. The highest BCUT2D eigenvalue weighted by atomic mass is 19.1. The molecule has 0 aliphatic carbocycles. The number of hydrogen-bond acceptors (Lipinski definition) is 1. The molecule has 12 heavy (non-hydrogen) atoms. The van der Waals surface area contributed by atoms with Gasteiger partial charge in [0.25, 0.3) is 0 Å². The first-order valence-electron chi connectivity index (χ1n) is 3.71. The van der Waals surface area contributed by atoms with Crippen LogP contribution in [0.3, 0.4) is 0 Å². The zero-order chi connectivity index (χ0) is 10.1. The van der Waals surface area contributed by atoms with Crippen LogP contribution >= 0.6 is 0 Å². The Morgan fingerprint density at radius 3 is 2.00 bits per heavy atom. The topological polar surface area (TPSA) is 23.8 Å². The lowest BCUT2D eigenvalue weighted by molar-refractivity contribution is 0.647. The summed E-state index contributed by atoms with van der Waals surface area (Å²) in [7, 11) is 0. The van der Waals surface area contributed by atoms with E-state index >= 15 is 0 Å². The standard InChI is InChI=1S/C8H8FN.C2H6/c1-4-7(5-10)8(9)6(2)3;1-2/h4H,1-2H2,3H3;1-2H3/b8-7-;. The lowest BCUT2D eigenvalue weighted by Gasteiger charge is -1.93. The monoisotopic (exact) mass is 167 g/mol. The van der Waals surface area contributed by atoms with Gasteiger partial charge >= 0.3 is 0 Å². The molecule has 0 saturated carbocycles. The minimum absolute atomic E-state index is 0.0625. The van der Waals surface area contributed by atoms with E-state index in [0.717, 1.165) is 0 Å². The van der Waals surface area contributed by atoms with Gasteiger partial charge in [0.05, 0.1) is 5.57 Å². The summed E-state index contributed by atoms with van der Waals surface area (Å²) < 4.78 is 12.7. The Labute approximate surface area is 73.5 Å². The molecule has 0 radical (unpaired) electrons. The summed E-state index contributed by atoms with van der Waals surface area (Å²) in [6.45, 7) is 12.1. The van der Waals surface area contributed by atoms with Crippen LogP contribution in [0.5, 0.6) is 0 Å². The second-order valence-electron chi connectivity index (χ2n) is 1.82. The third-order valence-electron chi connectivity index (χ3n) is 0.936. The summed E-state index contributed by atoms with van der Waals surface area (Å²) in [6, 6.07) is 1.66. The molecule has 0 bridgehead atoms. The van der Waals surface area contributed by atoms with Crippen molar-refractivity contribution in [2.45, 2.75) is 20.8 Å². The summed E-state index contributed by atoms with van der Waals surface area (Å²) in [5.74, 6) is -0.586. The third-order valence-corrected chi connectivity index (χ3v) is 0.936. The molecule has 1 nitrogen and oxygen atoms in total. The van der Waals surface area contributed by atoms with Crippen LogP contribution in [0.15, 0.2) is 36.2 Å². The van der Waals surface area contributed by atoms with Crippen molar-refractivity contribution in [3.05, 3.63) is 36.2 Å². The molecule has 0 unspecified atom stereocenters. The van der Waals surface area contributed by atoms with Gasteiger partial charge < -0.3 is 0 Å². The molecule has 2 heteroatoms. The molecule has 0 aromatic rings. The van der Waals surface area contributed by atoms with Crippen LogP contribution in [0.1, 0.15) is 20.8 Å². The highest BCUT2D eigenvalue weighted by Crippen LogP contribution is 2.13. The predicted molar refractivity (Wildman–Crippen MR) is 50.1 cm³/mol. The third kappa shape index (κ3) is 4.45. The molecule has 0 heterocycles. The van der Waals surface area contributed by atoms with Crippen LogP contribution in [-0.2, 0) is 0 Å². The maximum Gasteiger partial charge on any atom is 0.143 e. The molecule has 0 atom stereocenters. The number of nitrogens with zero attached hydrogens (tertiary/aromatic N) is 1. The van der Waals surface area contributed by atoms with Crippen molar-refractivity contribution < 1.29 is 4.39 Å². The van der Waals surface area contributed by atoms with Crippen molar-refractivity contribution in [1.82, 2.24) is 0 Å². The second-order valence-corrected chi connectivity index (χ2v) is 1.82. The van der Waals surface area contributed by atoms with E-state index in [1.165, 1.54) is 13.0 Å². The first-order chi connectivity index (χ1) is 5.63. The van der Waals surface area contributed by atoms with Gasteiger partial charge in [-0.05, 0) is 18.6 Å². The zero-order valence-corrected chi connectivity index (χ0v) is 7.82. The van der Waals surface area contributed by atoms with Crippen molar-refractivity contribution in [2.75, 3.05) is 0 Å². The predicted octanol–water partition coefficient (Wildman–Crippen LogP) is 3.52. The van der Waals surface area contributed by atoms with Crippen molar-refractivity contribution in [1.29, 1.82) is 5.26 Å². The number of halogens is 1. The van der Waals surface area contributed by atoms with E-state index in [0.29, 0.717) is 0 Å². The van der Waals surface area contributed by atoms with E-state index in [2.05, 4.69) is 13.2 Å². The molecular weight excluding hydrogens is 153 g/mol. The van der Waals surface area contributed by atoms with Crippen molar-refractivity contribution in [3.63, 3.8) is 0 Å². The molecule has 0 N–H and O–H groups in total. The number of allylic oxidation sites excluding steroid dienone is 4. The maximum absolute atomic E-state index is 12.7. The van der Waals surface area contributed by atoms with Gasteiger partial charge in [-0.25, -0.2) is 4.39 Å². The fourth-order valence-electron chi connectivity index (χ4n) is 0.414. The van der Waals surface area contributed by atoms with Gasteiger partial charge in [0, 0.05) is 0 Å². The highest BCUT2D eigenvalue weighted by molar-refractivity contribution is 5.41. The maximum atomic E-state index is 12.7. The van der Waals surface area contributed by atoms with Crippen LogP contribution in [0.4, 0.5) is 4.39 Å². The van der Waals surface area contributed by atoms with Gasteiger partial charge in [0.1, 0.15) is 11.9 Å². The zero-order valence-electron chi connectivity index (χ0n) is 7.82. The average molecular weight is 167 g/mol. The molecule has 0 aromatic heterocycles. The summed E-state index contributed by atoms with van der Waals surface area (Å²) in [6.07, 6.45) is 1.17. The molecule has 0 aliphatic heterocycles. The van der Waals surface area contributed by atoms with E-state index < -0.39 is 5.83 Å². The Hall–Kier alpha value is -1.36. The van der Waals surface area contributed by atoms with E-state index in [4.69, 9.17) is 5.26 Å².